The molecule has 150 valence electrons. The Hall–Kier alpha value is -3.02. The van der Waals surface area contributed by atoms with E-state index in [4.69, 9.17) is 0 Å². The summed E-state index contributed by atoms with van der Waals surface area (Å²) in [6.07, 6.45) is 0. The molecule has 8 nitrogen and oxygen atoms in total. The molecule has 0 atom stereocenters. The lowest BCUT2D eigenvalue weighted by atomic mass is 10.2. The maximum Gasteiger partial charge on any atom is 0.320 e. The van der Waals surface area contributed by atoms with Crippen molar-refractivity contribution in [2.24, 2.45) is 0 Å². The molecule has 0 radical (unpaired) electrons. The van der Waals surface area contributed by atoms with Gasteiger partial charge in [0.2, 0.25) is 5.91 Å². The predicted octanol–water partition coefficient (Wildman–Crippen LogP) is 3.14. The highest BCUT2D eigenvalue weighted by Gasteiger charge is 2.14. The summed E-state index contributed by atoms with van der Waals surface area (Å²) >= 11 is 2.17. The van der Waals surface area contributed by atoms with E-state index < -0.39 is 6.03 Å². The van der Waals surface area contributed by atoms with Crippen molar-refractivity contribution in [3.05, 3.63) is 69.2 Å². The lowest BCUT2D eigenvalue weighted by Gasteiger charge is -2.08. The third-order valence-corrected chi connectivity index (χ3v) is 4.75. The van der Waals surface area contributed by atoms with Gasteiger partial charge in [0.1, 0.15) is 5.82 Å². The highest BCUT2D eigenvalue weighted by atomic mass is 127. The standard InChI is InChI=1S/C19H18FIN6O2/c1-12-18(25-26-27(12)11-13-4-2-3-5-16(13)20)24-19(29)22-10-17(28)23-15-8-6-14(21)7-9-15/h2-9H,10-11H2,1H3,(H,23,28)(H2,22,24,29). The SMILES string of the molecule is Cc1c(NC(=O)NCC(=O)Nc2ccc(I)cc2)nnn1Cc1ccccc1F. The number of anilines is 2. The topological polar surface area (TPSA) is 101 Å². The molecule has 1 heterocycles. The van der Waals surface area contributed by atoms with Crippen molar-refractivity contribution in [2.45, 2.75) is 13.5 Å². The van der Waals surface area contributed by atoms with E-state index >= 15 is 0 Å². The summed E-state index contributed by atoms with van der Waals surface area (Å²) in [5.74, 6) is -0.466. The molecule has 1 aromatic heterocycles. The fraction of sp³-hybridized carbons (Fsp3) is 0.158. The van der Waals surface area contributed by atoms with Crippen LogP contribution < -0.4 is 16.0 Å². The molecule has 3 aromatic rings. The molecule has 0 unspecified atom stereocenters. The fourth-order valence-electron chi connectivity index (χ4n) is 2.46. The number of carbonyl (C=O) groups is 2. The summed E-state index contributed by atoms with van der Waals surface area (Å²) < 4.78 is 16.3. The Morgan fingerprint density at radius 3 is 2.55 bits per heavy atom. The van der Waals surface area contributed by atoms with Crippen molar-refractivity contribution >= 4 is 46.0 Å². The monoisotopic (exact) mass is 508 g/mol. The molecule has 0 saturated carbocycles. The van der Waals surface area contributed by atoms with E-state index in [2.05, 4.69) is 48.9 Å². The molecule has 3 amide bonds. The number of carbonyl (C=O) groups excluding carboxylic acids is 2. The third-order valence-electron chi connectivity index (χ3n) is 4.03. The molecule has 0 fully saturated rings. The van der Waals surface area contributed by atoms with E-state index in [0.717, 1.165) is 3.57 Å². The van der Waals surface area contributed by atoms with E-state index in [9.17, 15) is 14.0 Å². The molecule has 0 bridgehead atoms. The van der Waals surface area contributed by atoms with Gasteiger partial charge >= 0.3 is 6.03 Å². The molecule has 0 spiro atoms. The predicted molar refractivity (Wildman–Crippen MR) is 115 cm³/mol. The first-order valence-corrected chi connectivity index (χ1v) is 9.74. The Balaban J connectivity index is 1.51. The van der Waals surface area contributed by atoms with Gasteiger partial charge in [-0.15, -0.1) is 5.10 Å². The average molecular weight is 508 g/mol. The third kappa shape index (κ3) is 5.73. The smallest absolute Gasteiger partial charge is 0.320 e. The van der Waals surface area contributed by atoms with E-state index in [1.165, 1.54) is 10.7 Å². The molecular formula is C19H18FIN6O2. The summed E-state index contributed by atoms with van der Waals surface area (Å²) in [4.78, 5) is 24.0. The van der Waals surface area contributed by atoms with Crippen LogP contribution in [0, 0.1) is 16.3 Å². The van der Waals surface area contributed by atoms with Gasteiger partial charge in [0.25, 0.3) is 0 Å². The minimum Gasteiger partial charge on any atom is -0.329 e. The second kappa shape index (κ2) is 9.45. The maximum atomic E-state index is 13.8. The summed E-state index contributed by atoms with van der Waals surface area (Å²) in [6.45, 7) is 1.69. The highest BCUT2D eigenvalue weighted by Crippen LogP contribution is 2.14. The number of hydrogen-bond donors (Lipinski definition) is 3. The second-order valence-corrected chi connectivity index (χ2v) is 7.38. The fourth-order valence-corrected chi connectivity index (χ4v) is 2.82. The van der Waals surface area contributed by atoms with E-state index in [1.54, 1.807) is 37.3 Å². The van der Waals surface area contributed by atoms with Crippen LogP contribution >= 0.6 is 22.6 Å². The van der Waals surface area contributed by atoms with Gasteiger partial charge in [-0.1, -0.05) is 23.4 Å². The molecule has 0 aliphatic heterocycles. The number of nitrogens with zero attached hydrogens (tertiary/aromatic N) is 3. The normalized spacial score (nSPS) is 10.4. The summed E-state index contributed by atoms with van der Waals surface area (Å²) in [5.41, 5.74) is 1.67. The second-order valence-electron chi connectivity index (χ2n) is 6.14. The zero-order valence-corrected chi connectivity index (χ0v) is 17.6. The van der Waals surface area contributed by atoms with Gasteiger partial charge in [0.15, 0.2) is 5.82 Å². The molecule has 0 aliphatic rings. The van der Waals surface area contributed by atoms with Crippen LogP contribution in [0.3, 0.4) is 0 Å². The lowest BCUT2D eigenvalue weighted by molar-refractivity contribution is -0.115. The lowest BCUT2D eigenvalue weighted by Crippen LogP contribution is -2.36. The van der Waals surface area contributed by atoms with Gasteiger partial charge in [-0.2, -0.15) is 0 Å². The zero-order chi connectivity index (χ0) is 20.8. The van der Waals surface area contributed by atoms with Gasteiger partial charge in [0.05, 0.1) is 18.8 Å². The van der Waals surface area contributed by atoms with Crippen molar-refractivity contribution in [1.29, 1.82) is 0 Å². The zero-order valence-electron chi connectivity index (χ0n) is 15.4. The summed E-state index contributed by atoms with van der Waals surface area (Å²) in [7, 11) is 0. The van der Waals surface area contributed by atoms with Crippen LogP contribution in [0.4, 0.5) is 20.7 Å². The van der Waals surface area contributed by atoms with Crippen LogP contribution in [-0.2, 0) is 11.3 Å². The maximum absolute atomic E-state index is 13.8. The van der Waals surface area contributed by atoms with Crippen molar-refractivity contribution < 1.29 is 14.0 Å². The number of benzene rings is 2. The van der Waals surface area contributed by atoms with Crippen LogP contribution in [0.25, 0.3) is 0 Å². The molecule has 0 saturated heterocycles. The number of rotatable bonds is 6. The molecule has 0 aliphatic carbocycles. The van der Waals surface area contributed by atoms with Crippen LogP contribution in [0.2, 0.25) is 0 Å². The summed E-state index contributed by atoms with van der Waals surface area (Å²) in [6, 6.07) is 13.1. The van der Waals surface area contributed by atoms with Gasteiger partial charge < -0.3 is 10.6 Å². The Morgan fingerprint density at radius 2 is 1.83 bits per heavy atom. The summed E-state index contributed by atoms with van der Waals surface area (Å²) in [5, 5.41) is 15.5. The molecule has 3 rings (SSSR count). The number of nitrogens with one attached hydrogen (secondary N) is 3. The van der Waals surface area contributed by atoms with Crippen LogP contribution in [-0.4, -0.2) is 33.5 Å². The highest BCUT2D eigenvalue weighted by molar-refractivity contribution is 14.1. The number of hydrogen-bond acceptors (Lipinski definition) is 4. The van der Waals surface area contributed by atoms with Crippen molar-refractivity contribution in [3.63, 3.8) is 0 Å². The first-order chi connectivity index (χ1) is 13.9. The van der Waals surface area contributed by atoms with Crippen LogP contribution in [0.15, 0.2) is 48.5 Å². The van der Waals surface area contributed by atoms with Gasteiger partial charge in [0, 0.05) is 14.8 Å². The van der Waals surface area contributed by atoms with Gasteiger partial charge in [-0.25, -0.2) is 13.9 Å². The van der Waals surface area contributed by atoms with E-state index in [1.807, 2.05) is 12.1 Å². The average Bonchev–Trinajstić information content (AvgIpc) is 3.03. The first kappa shape index (κ1) is 20.7. The van der Waals surface area contributed by atoms with Crippen molar-refractivity contribution in [1.82, 2.24) is 20.3 Å². The van der Waals surface area contributed by atoms with E-state index in [0.29, 0.717) is 16.9 Å². The van der Waals surface area contributed by atoms with Crippen molar-refractivity contribution in [2.75, 3.05) is 17.2 Å². The van der Waals surface area contributed by atoms with Crippen LogP contribution in [0.5, 0.6) is 0 Å². The molecule has 2 aromatic carbocycles. The Morgan fingerprint density at radius 1 is 1.10 bits per heavy atom. The van der Waals surface area contributed by atoms with Gasteiger partial charge in [-0.3, -0.25) is 10.1 Å². The Kier molecular flexibility index (Phi) is 6.75. The van der Waals surface area contributed by atoms with Gasteiger partial charge in [-0.05, 0) is 59.8 Å². The molecule has 10 heteroatoms. The minimum absolute atomic E-state index is 0.188. The molecule has 29 heavy (non-hydrogen) atoms. The Bertz CT molecular complexity index is 1020. The molecule has 3 N–H and O–H groups in total. The number of urea groups is 1. The number of halogens is 2. The minimum atomic E-state index is -0.594. The first-order valence-electron chi connectivity index (χ1n) is 8.66. The Labute approximate surface area is 180 Å². The van der Waals surface area contributed by atoms with E-state index in [-0.39, 0.29) is 30.6 Å². The van der Waals surface area contributed by atoms with Crippen LogP contribution in [0.1, 0.15) is 11.3 Å². The number of aromatic nitrogens is 3. The van der Waals surface area contributed by atoms with Crippen molar-refractivity contribution in [3.8, 4) is 0 Å². The largest absolute Gasteiger partial charge is 0.329 e. The number of amides is 3. The quantitative estimate of drug-likeness (QED) is 0.446. The molecular weight excluding hydrogens is 490 g/mol.